The number of benzene rings is 2. The minimum Gasteiger partial charge on any atom is -0.504 e. The Morgan fingerprint density at radius 1 is 0.625 bits per heavy atom. The van der Waals surface area contributed by atoms with Gasteiger partial charge in [-0.3, -0.25) is 28.8 Å². The highest BCUT2D eigenvalue weighted by molar-refractivity contribution is 6.24. The number of H-pyrrole nitrogens is 2. The molecule has 2 atom stereocenters. The number of Topliss-reactive ketones (excluding diaryl/α,β-unsaturated/α-hetero) is 2. The lowest BCUT2D eigenvalue weighted by atomic mass is 9.76. The van der Waals surface area contributed by atoms with Gasteiger partial charge in [0.05, 0.1) is 63.5 Å². The van der Waals surface area contributed by atoms with E-state index < -0.39 is 82.0 Å². The van der Waals surface area contributed by atoms with Gasteiger partial charge in [0, 0.05) is 35.1 Å². The van der Waals surface area contributed by atoms with Gasteiger partial charge < -0.3 is 39.1 Å². The summed E-state index contributed by atoms with van der Waals surface area (Å²) >= 11 is 0. The fourth-order valence-corrected chi connectivity index (χ4v) is 5.76. The normalized spacial score (nSPS) is 14.7. The van der Waals surface area contributed by atoms with Crippen molar-refractivity contribution in [3.63, 3.8) is 0 Å². The molecule has 2 aromatic carbocycles. The molecule has 0 spiro atoms. The van der Waals surface area contributed by atoms with Crippen molar-refractivity contribution in [3.05, 3.63) is 103 Å². The molecule has 0 aliphatic heterocycles. The third-order valence-corrected chi connectivity index (χ3v) is 8.24. The maximum Gasteiger partial charge on any atom is 0.306 e. The van der Waals surface area contributed by atoms with E-state index in [1.165, 1.54) is 26.4 Å². The number of esters is 2. The number of aliphatic hydroxyl groups excluding tert-OH is 2. The van der Waals surface area contributed by atoms with E-state index in [4.69, 9.17) is 18.9 Å². The van der Waals surface area contributed by atoms with Crippen LogP contribution < -0.4 is 20.6 Å². The van der Waals surface area contributed by atoms with E-state index in [0.717, 1.165) is 14.2 Å². The van der Waals surface area contributed by atoms with Crippen LogP contribution in [0.3, 0.4) is 0 Å². The zero-order chi connectivity index (χ0) is 34.9. The lowest BCUT2D eigenvalue weighted by molar-refractivity contribution is -0.142. The highest BCUT2D eigenvalue weighted by Crippen LogP contribution is 2.40. The Labute approximate surface area is 271 Å². The number of carbonyl (C=O) groups excluding carboxylic acids is 4. The summed E-state index contributed by atoms with van der Waals surface area (Å²) < 4.78 is 19.9. The van der Waals surface area contributed by atoms with Gasteiger partial charge in [-0.2, -0.15) is 0 Å². The lowest BCUT2D eigenvalue weighted by Crippen LogP contribution is -2.34. The van der Waals surface area contributed by atoms with Crippen molar-refractivity contribution < 1.29 is 48.3 Å². The second-order valence-corrected chi connectivity index (χ2v) is 10.9. The Bertz CT molecular complexity index is 2030. The van der Waals surface area contributed by atoms with Crippen molar-refractivity contribution >= 4 is 45.3 Å². The van der Waals surface area contributed by atoms with Crippen LogP contribution in [-0.2, 0) is 28.7 Å². The zero-order valence-corrected chi connectivity index (χ0v) is 26.2. The molecule has 0 saturated heterocycles. The molecule has 5 rings (SSSR count). The van der Waals surface area contributed by atoms with Gasteiger partial charge in [-0.15, -0.1) is 0 Å². The first kappa shape index (κ1) is 33.2. The molecule has 4 N–H and O–H groups in total. The Morgan fingerprint density at radius 3 is 1.33 bits per heavy atom. The molecule has 2 unspecified atom stereocenters. The number of ketones is 2. The van der Waals surface area contributed by atoms with E-state index in [-0.39, 0.29) is 11.1 Å². The fraction of sp³-hybridized carbons (Fsp3) is 0.235. The maximum absolute atomic E-state index is 13.9. The van der Waals surface area contributed by atoms with Crippen LogP contribution in [0.1, 0.15) is 35.8 Å². The van der Waals surface area contributed by atoms with Gasteiger partial charge in [0.1, 0.15) is 11.5 Å². The van der Waals surface area contributed by atoms with Gasteiger partial charge in [-0.05, 0) is 47.2 Å². The van der Waals surface area contributed by atoms with Crippen LogP contribution in [0.5, 0.6) is 11.5 Å². The van der Waals surface area contributed by atoms with Crippen LogP contribution in [0.25, 0.3) is 21.8 Å². The molecule has 0 radical (unpaired) electrons. The average Bonchev–Trinajstić information content (AvgIpc) is 3.08. The first-order valence-corrected chi connectivity index (χ1v) is 14.4. The summed E-state index contributed by atoms with van der Waals surface area (Å²) in [5.41, 5.74) is -2.68. The van der Waals surface area contributed by atoms with Crippen molar-refractivity contribution in [1.29, 1.82) is 0 Å². The largest absolute Gasteiger partial charge is 0.504 e. The minimum atomic E-state index is -1.56. The highest BCUT2D eigenvalue weighted by Gasteiger charge is 2.44. The monoisotopic (exact) mass is 658 g/mol. The summed E-state index contributed by atoms with van der Waals surface area (Å²) in [7, 11) is 5.03. The molecule has 14 nitrogen and oxygen atoms in total. The van der Waals surface area contributed by atoms with Crippen molar-refractivity contribution in [2.24, 2.45) is 0 Å². The smallest absolute Gasteiger partial charge is 0.306 e. The minimum absolute atomic E-state index is 0.190. The second kappa shape index (κ2) is 13.3. The number of hydrogen-bond acceptors (Lipinski definition) is 12. The molecule has 248 valence electrons. The third kappa shape index (κ3) is 6.02. The van der Waals surface area contributed by atoms with Crippen molar-refractivity contribution in [1.82, 2.24) is 9.97 Å². The highest BCUT2D eigenvalue weighted by atomic mass is 16.5. The predicted octanol–water partition coefficient (Wildman–Crippen LogP) is 3.16. The number of hydrogen-bond donors (Lipinski definition) is 4. The van der Waals surface area contributed by atoms with Crippen molar-refractivity contribution in [3.8, 4) is 11.5 Å². The summed E-state index contributed by atoms with van der Waals surface area (Å²) in [6, 6.07) is 12.3. The molecule has 48 heavy (non-hydrogen) atoms. The van der Waals surface area contributed by atoms with Crippen LogP contribution in [0.2, 0.25) is 0 Å². The quantitative estimate of drug-likeness (QED) is 0.143. The number of carbonyl (C=O) groups is 4. The Balaban J connectivity index is 1.67. The van der Waals surface area contributed by atoms with Crippen LogP contribution >= 0.6 is 0 Å². The van der Waals surface area contributed by atoms with E-state index in [1.807, 2.05) is 0 Å². The molecular weight excluding hydrogens is 628 g/mol. The number of aromatic nitrogens is 2. The average molecular weight is 659 g/mol. The summed E-state index contributed by atoms with van der Waals surface area (Å²) in [5.74, 6) is -9.01. The topological polar surface area (TPSA) is 211 Å². The summed E-state index contributed by atoms with van der Waals surface area (Å²) in [6.07, 6.45) is -1.36. The Morgan fingerprint density at radius 2 is 1.00 bits per heavy atom. The maximum atomic E-state index is 13.9. The van der Waals surface area contributed by atoms with E-state index in [9.17, 15) is 39.0 Å². The number of fused-ring (bicyclic) bond motifs is 2. The standard InChI is InChI=1S/C34H30N2O12/c1-45-17-7-5-15-9-21(33(43)35-23(15)11-17)19(13-25(37)47-3)27-29(39)31(41)28(32(42)30(27)40)20(14-26(38)48-4)22-10-16-6-8-18(46-2)12-24(16)36-34(22)44/h5-12,19-20,39,42H,13-14H2,1-4H3,(H,35,43)(H,36,44). The van der Waals surface area contributed by atoms with Crippen LogP contribution in [0, 0.1) is 0 Å². The molecule has 2 heterocycles. The van der Waals surface area contributed by atoms with E-state index in [0.29, 0.717) is 33.3 Å². The predicted molar refractivity (Wildman–Crippen MR) is 170 cm³/mol. The number of methoxy groups -OCH3 is 4. The first-order chi connectivity index (χ1) is 22.9. The van der Waals surface area contributed by atoms with Crippen LogP contribution in [-0.4, -0.2) is 72.1 Å². The number of aliphatic hydroxyl groups is 2. The zero-order valence-electron chi connectivity index (χ0n) is 26.2. The molecule has 1 aliphatic rings. The Hall–Kier alpha value is -6.18. The molecule has 14 heteroatoms. The van der Waals surface area contributed by atoms with E-state index in [2.05, 4.69) is 9.97 Å². The molecule has 2 aromatic heterocycles. The first-order valence-electron chi connectivity index (χ1n) is 14.4. The van der Waals surface area contributed by atoms with E-state index in [1.54, 1.807) is 36.4 Å². The van der Waals surface area contributed by atoms with Gasteiger partial charge in [0.25, 0.3) is 11.1 Å². The number of allylic oxidation sites excluding steroid dienone is 2. The number of nitrogens with one attached hydrogen (secondary N) is 2. The van der Waals surface area contributed by atoms with Crippen molar-refractivity contribution in [2.75, 3.05) is 28.4 Å². The van der Waals surface area contributed by atoms with E-state index >= 15 is 0 Å². The second-order valence-electron chi connectivity index (χ2n) is 10.9. The number of aromatic amines is 2. The molecule has 4 aromatic rings. The summed E-state index contributed by atoms with van der Waals surface area (Å²) in [6.45, 7) is 0. The van der Waals surface area contributed by atoms with Gasteiger partial charge in [0.2, 0.25) is 11.6 Å². The Kier molecular flexibility index (Phi) is 9.18. The van der Waals surface area contributed by atoms with Crippen LogP contribution in [0.4, 0.5) is 0 Å². The van der Waals surface area contributed by atoms with Crippen LogP contribution in [0.15, 0.2) is 80.8 Å². The van der Waals surface area contributed by atoms with Gasteiger partial charge >= 0.3 is 11.9 Å². The molecular formula is C34H30N2O12. The molecule has 0 saturated carbocycles. The molecule has 0 amide bonds. The lowest BCUT2D eigenvalue weighted by Gasteiger charge is -2.27. The van der Waals surface area contributed by atoms with Gasteiger partial charge in [-0.1, -0.05) is 0 Å². The summed E-state index contributed by atoms with van der Waals surface area (Å²) in [4.78, 5) is 84.9. The molecule has 1 aliphatic carbocycles. The number of ether oxygens (including phenoxy) is 4. The number of rotatable bonds is 10. The van der Waals surface area contributed by atoms with Gasteiger partial charge in [0.15, 0.2) is 11.5 Å². The third-order valence-electron chi connectivity index (χ3n) is 8.24. The van der Waals surface area contributed by atoms with Gasteiger partial charge in [-0.25, -0.2) is 0 Å². The molecule has 0 fully saturated rings. The summed E-state index contributed by atoms with van der Waals surface area (Å²) in [5, 5.41) is 23.6. The molecule has 0 bridgehead atoms. The van der Waals surface area contributed by atoms with Crippen molar-refractivity contribution in [2.45, 2.75) is 24.7 Å². The number of pyridine rings is 2. The fourth-order valence-electron chi connectivity index (χ4n) is 5.76. The SMILES string of the molecule is COC(=O)CC(C1=C(O)C(=O)C(C(CC(=O)OC)c2cc3ccc(OC)cc3[nH]c2=O)=C(O)C1=O)c1cc2ccc(OC)cc2[nH]c1=O.